The van der Waals surface area contributed by atoms with Crippen LogP contribution in [0.3, 0.4) is 0 Å². The normalized spacial score (nSPS) is 11.5. The van der Waals surface area contributed by atoms with E-state index in [1.165, 1.54) is 0 Å². The molecule has 6 nitrogen and oxygen atoms in total. The Kier molecular flexibility index (Phi) is 7.57. The van der Waals surface area contributed by atoms with E-state index < -0.39 is 29.4 Å². The summed E-state index contributed by atoms with van der Waals surface area (Å²) in [6.45, 7) is 0. The fraction of sp³-hybridized carbons (Fsp3) is 0.120. The van der Waals surface area contributed by atoms with Gasteiger partial charge < -0.3 is 19.5 Å². The predicted molar refractivity (Wildman–Crippen MR) is 119 cm³/mol. The molecule has 3 aromatic rings. The molecule has 0 aromatic heterocycles. The molecule has 0 saturated heterocycles. The number of hydrogen-bond acceptors (Lipinski definition) is 6. The number of alkyl halides is 3. The maximum absolute atomic E-state index is 13.3. The van der Waals surface area contributed by atoms with Crippen molar-refractivity contribution in [2.75, 3.05) is 19.5 Å². The highest BCUT2D eigenvalue weighted by Gasteiger charge is 2.31. The van der Waals surface area contributed by atoms with Gasteiger partial charge in [0.2, 0.25) is 0 Å². The number of carbonyl (C=O) groups is 2. The van der Waals surface area contributed by atoms with Gasteiger partial charge in [0.15, 0.2) is 5.75 Å². The Morgan fingerprint density at radius 2 is 1.50 bits per heavy atom. The summed E-state index contributed by atoms with van der Waals surface area (Å²) in [7, 11) is 2.15. The number of hydrogen-bond donors (Lipinski definition) is 1. The lowest BCUT2D eigenvalue weighted by Gasteiger charge is -2.17. The Morgan fingerprint density at radius 3 is 2.09 bits per heavy atom. The van der Waals surface area contributed by atoms with E-state index in [2.05, 4.69) is 14.8 Å². The van der Waals surface area contributed by atoms with Crippen molar-refractivity contribution in [3.8, 4) is 22.6 Å². The van der Waals surface area contributed by atoms with Gasteiger partial charge in [-0.15, -0.1) is 0 Å². The van der Waals surface area contributed by atoms with Crippen LogP contribution >= 0.6 is 0 Å². The first-order chi connectivity index (χ1) is 16.2. The van der Waals surface area contributed by atoms with Crippen LogP contribution in [0.25, 0.3) is 11.1 Å². The van der Waals surface area contributed by atoms with Gasteiger partial charge in [-0.2, -0.15) is 13.2 Å². The van der Waals surface area contributed by atoms with Crippen LogP contribution in [-0.4, -0.2) is 26.2 Å². The van der Waals surface area contributed by atoms with Crippen molar-refractivity contribution in [1.82, 2.24) is 0 Å². The number of carbonyl (C=O) groups excluding carboxylic acids is 2. The van der Waals surface area contributed by atoms with Gasteiger partial charge >= 0.3 is 18.1 Å². The fourth-order valence-electron chi connectivity index (χ4n) is 2.94. The van der Waals surface area contributed by atoms with Gasteiger partial charge in [0.1, 0.15) is 11.4 Å². The van der Waals surface area contributed by atoms with Crippen molar-refractivity contribution in [3.63, 3.8) is 0 Å². The molecule has 0 fully saturated rings. The second-order valence-electron chi connectivity index (χ2n) is 6.90. The molecule has 0 aliphatic heterocycles. The number of benzene rings is 3. The molecule has 0 unspecified atom stereocenters. The summed E-state index contributed by atoms with van der Waals surface area (Å²) in [5.74, 6) is -1.56. The molecule has 9 heteroatoms. The van der Waals surface area contributed by atoms with Gasteiger partial charge in [-0.05, 0) is 41.5 Å². The Hall–Kier alpha value is -4.27. The molecule has 3 rings (SSSR count). The van der Waals surface area contributed by atoms with Gasteiger partial charge in [0.25, 0.3) is 0 Å². The Morgan fingerprint density at radius 1 is 0.853 bits per heavy atom. The molecule has 0 aliphatic carbocycles. The Bertz CT molecular complexity index is 1190. The molecule has 0 radical (unpaired) electrons. The molecule has 3 aromatic carbocycles. The van der Waals surface area contributed by atoms with Crippen LogP contribution < -0.4 is 10.1 Å². The standard InChI is InChI=1S/C25H20F3NO5/c1-32-23(30)15-21(24(31)33-2)29-20-14-18(25(26,27)28)10-13-22(20)34-19-11-8-17(9-12-19)16-6-4-3-5-7-16/h3-15,29H,1-2H3/b21-15+. The van der Waals surface area contributed by atoms with E-state index in [4.69, 9.17) is 4.74 Å². The topological polar surface area (TPSA) is 73.9 Å². The molecule has 34 heavy (non-hydrogen) atoms. The van der Waals surface area contributed by atoms with Crippen molar-refractivity contribution in [3.05, 3.63) is 90.1 Å². The van der Waals surface area contributed by atoms with E-state index in [1.807, 2.05) is 30.3 Å². The molecular weight excluding hydrogens is 451 g/mol. The fourth-order valence-corrected chi connectivity index (χ4v) is 2.94. The molecule has 0 amide bonds. The minimum atomic E-state index is -4.65. The summed E-state index contributed by atoms with van der Waals surface area (Å²) in [5, 5.41) is 2.49. The second kappa shape index (κ2) is 10.6. The SMILES string of the molecule is COC(=O)/C=C(/Nc1cc(C(F)(F)F)ccc1Oc1ccc(-c2ccccc2)cc1)C(=O)OC. The molecule has 0 aliphatic rings. The molecule has 0 heterocycles. The van der Waals surface area contributed by atoms with E-state index in [1.54, 1.807) is 24.3 Å². The number of halogens is 3. The van der Waals surface area contributed by atoms with Gasteiger partial charge in [0.05, 0.1) is 31.5 Å². The lowest BCUT2D eigenvalue weighted by Crippen LogP contribution is -2.16. The minimum Gasteiger partial charge on any atom is -0.466 e. The minimum absolute atomic E-state index is 0.0138. The molecule has 176 valence electrons. The molecule has 0 bridgehead atoms. The lowest BCUT2D eigenvalue weighted by molar-refractivity contribution is -0.138. The van der Waals surface area contributed by atoms with E-state index >= 15 is 0 Å². The molecular formula is C25H20F3NO5. The van der Waals surface area contributed by atoms with E-state index in [0.29, 0.717) is 5.75 Å². The third-order valence-corrected chi connectivity index (χ3v) is 4.63. The maximum Gasteiger partial charge on any atom is 0.416 e. The third kappa shape index (κ3) is 6.16. The first-order valence-corrected chi connectivity index (χ1v) is 9.91. The zero-order valence-electron chi connectivity index (χ0n) is 18.2. The number of rotatable bonds is 7. The van der Waals surface area contributed by atoms with Crippen molar-refractivity contribution in [2.24, 2.45) is 0 Å². The Labute approximate surface area is 193 Å². The smallest absolute Gasteiger partial charge is 0.416 e. The largest absolute Gasteiger partial charge is 0.466 e. The summed E-state index contributed by atoms with van der Waals surface area (Å²) in [6, 6.07) is 19.2. The molecule has 1 N–H and O–H groups in total. The lowest BCUT2D eigenvalue weighted by atomic mass is 10.1. The zero-order valence-corrected chi connectivity index (χ0v) is 18.2. The monoisotopic (exact) mass is 471 g/mol. The molecule has 0 saturated carbocycles. The zero-order chi connectivity index (χ0) is 24.7. The van der Waals surface area contributed by atoms with Crippen molar-refractivity contribution < 1.29 is 37.0 Å². The average Bonchev–Trinajstić information content (AvgIpc) is 2.84. The number of ether oxygens (including phenoxy) is 3. The van der Waals surface area contributed by atoms with Crippen LogP contribution in [-0.2, 0) is 25.2 Å². The number of nitrogens with one attached hydrogen (secondary N) is 1. The van der Waals surface area contributed by atoms with Gasteiger partial charge in [0, 0.05) is 0 Å². The summed E-state index contributed by atoms with van der Waals surface area (Å²) < 4.78 is 54.8. The van der Waals surface area contributed by atoms with Crippen LogP contribution in [0.4, 0.5) is 18.9 Å². The highest BCUT2D eigenvalue weighted by atomic mass is 19.4. The van der Waals surface area contributed by atoms with E-state index in [0.717, 1.165) is 49.6 Å². The van der Waals surface area contributed by atoms with Crippen LogP contribution in [0.5, 0.6) is 11.5 Å². The first-order valence-electron chi connectivity index (χ1n) is 9.91. The Balaban J connectivity index is 1.96. The van der Waals surface area contributed by atoms with Crippen LogP contribution in [0, 0.1) is 0 Å². The summed E-state index contributed by atoms with van der Waals surface area (Å²) >= 11 is 0. The van der Waals surface area contributed by atoms with E-state index in [9.17, 15) is 22.8 Å². The predicted octanol–water partition coefficient (Wildman–Crippen LogP) is 5.81. The number of esters is 2. The highest BCUT2D eigenvalue weighted by Crippen LogP contribution is 2.37. The molecule has 0 atom stereocenters. The highest BCUT2D eigenvalue weighted by molar-refractivity contribution is 5.99. The van der Waals surface area contributed by atoms with Gasteiger partial charge in [-0.3, -0.25) is 0 Å². The summed E-state index contributed by atoms with van der Waals surface area (Å²) in [5.41, 5.74) is 0.291. The summed E-state index contributed by atoms with van der Waals surface area (Å²) in [6.07, 6.45) is -3.88. The third-order valence-electron chi connectivity index (χ3n) is 4.63. The number of methoxy groups -OCH3 is 2. The van der Waals surface area contributed by atoms with E-state index in [-0.39, 0.29) is 11.4 Å². The van der Waals surface area contributed by atoms with Crippen LogP contribution in [0.15, 0.2) is 84.6 Å². The van der Waals surface area contributed by atoms with Crippen LogP contribution in [0.2, 0.25) is 0 Å². The maximum atomic E-state index is 13.3. The summed E-state index contributed by atoms with van der Waals surface area (Å²) in [4.78, 5) is 23.7. The van der Waals surface area contributed by atoms with Crippen molar-refractivity contribution in [2.45, 2.75) is 6.18 Å². The van der Waals surface area contributed by atoms with Gasteiger partial charge in [-0.1, -0.05) is 42.5 Å². The first kappa shape index (κ1) is 24.4. The second-order valence-corrected chi connectivity index (χ2v) is 6.90. The van der Waals surface area contributed by atoms with Crippen molar-refractivity contribution in [1.29, 1.82) is 0 Å². The van der Waals surface area contributed by atoms with Crippen LogP contribution in [0.1, 0.15) is 5.56 Å². The quantitative estimate of drug-likeness (QED) is 0.347. The van der Waals surface area contributed by atoms with Crippen molar-refractivity contribution >= 4 is 17.6 Å². The average molecular weight is 471 g/mol. The number of anilines is 1. The van der Waals surface area contributed by atoms with Gasteiger partial charge in [-0.25, -0.2) is 9.59 Å². The molecule has 0 spiro atoms.